The minimum Gasteiger partial charge on any atom is -0.423 e. The number of rotatable bonds is 5. The second-order valence-electron chi connectivity index (χ2n) is 8.27. The molecule has 0 saturated carbocycles. The third kappa shape index (κ3) is 5.54. The van der Waals surface area contributed by atoms with Crippen molar-refractivity contribution in [2.75, 3.05) is 37.4 Å². The number of piperidine rings is 1. The summed E-state index contributed by atoms with van der Waals surface area (Å²) in [5.41, 5.74) is 1.57. The molecule has 33 heavy (non-hydrogen) atoms. The molecule has 0 bridgehead atoms. The van der Waals surface area contributed by atoms with Crippen LogP contribution < -0.4 is 10.2 Å². The molecular weight excluding hydrogens is 433 g/mol. The summed E-state index contributed by atoms with van der Waals surface area (Å²) >= 11 is 0. The number of halogens is 3. The van der Waals surface area contributed by atoms with E-state index in [0.717, 1.165) is 38.1 Å². The summed E-state index contributed by atoms with van der Waals surface area (Å²) in [4.78, 5) is 21.2. The van der Waals surface area contributed by atoms with Crippen LogP contribution in [0.1, 0.15) is 24.0 Å². The number of hydrogen-bond acceptors (Lipinski definition) is 5. The molecule has 1 amide bonds. The van der Waals surface area contributed by atoms with Crippen LogP contribution in [0.15, 0.2) is 53.0 Å². The largest absolute Gasteiger partial charge is 0.423 e. The molecular formula is C24H25F3N4O2. The van der Waals surface area contributed by atoms with E-state index in [9.17, 15) is 18.0 Å². The Bertz CT molecular complexity index is 1150. The number of carbonyl (C=O) groups is 1. The second-order valence-corrected chi connectivity index (χ2v) is 8.27. The smallest absolute Gasteiger partial charge is 0.416 e. The second kappa shape index (κ2) is 9.27. The van der Waals surface area contributed by atoms with E-state index in [2.05, 4.69) is 27.1 Å². The molecule has 4 rings (SSSR count). The molecule has 2 aromatic carbocycles. The minimum atomic E-state index is -4.39. The fourth-order valence-corrected chi connectivity index (χ4v) is 3.82. The van der Waals surface area contributed by atoms with E-state index in [1.54, 1.807) is 18.2 Å². The molecule has 3 aromatic rings. The van der Waals surface area contributed by atoms with Crippen LogP contribution in [0.3, 0.4) is 0 Å². The Kier molecular flexibility index (Phi) is 6.42. The van der Waals surface area contributed by atoms with Gasteiger partial charge in [-0.3, -0.25) is 4.79 Å². The molecule has 2 heterocycles. The number of nitrogens with zero attached hydrogens (tertiary/aromatic N) is 3. The average molecular weight is 458 g/mol. The van der Waals surface area contributed by atoms with Crippen molar-refractivity contribution in [1.82, 2.24) is 9.88 Å². The van der Waals surface area contributed by atoms with Crippen molar-refractivity contribution in [3.05, 3.63) is 59.7 Å². The number of anilines is 2. The molecule has 0 unspecified atom stereocenters. The van der Waals surface area contributed by atoms with Crippen molar-refractivity contribution in [2.24, 2.45) is 0 Å². The Balaban J connectivity index is 1.40. The maximum atomic E-state index is 12.6. The number of amides is 1. The topological polar surface area (TPSA) is 61.6 Å². The lowest BCUT2D eigenvalue weighted by Gasteiger charge is -2.34. The lowest BCUT2D eigenvalue weighted by molar-refractivity contribution is -0.137. The molecule has 174 valence electrons. The first kappa shape index (κ1) is 22.8. The zero-order valence-electron chi connectivity index (χ0n) is 18.4. The first-order chi connectivity index (χ1) is 15.7. The summed E-state index contributed by atoms with van der Waals surface area (Å²) in [6, 6.07) is 10.7. The minimum absolute atomic E-state index is 0.365. The molecule has 1 N–H and O–H groups in total. The molecule has 0 aliphatic carbocycles. The van der Waals surface area contributed by atoms with Gasteiger partial charge in [-0.05, 0) is 75.0 Å². The van der Waals surface area contributed by atoms with Crippen molar-refractivity contribution in [3.63, 3.8) is 0 Å². The Morgan fingerprint density at radius 3 is 2.55 bits per heavy atom. The SMILES string of the molecule is CN1CCC(N(C)c2nc3cc(NC(=O)/C=C/c4ccc(C(F)(F)F)cc4)ccc3o2)CC1. The molecule has 1 aromatic heterocycles. The number of oxazole rings is 1. The molecule has 1 aliphatic rings. The number of aromatic nitrogens is 1. The van der Waals surface area contributed by atoms with Gasteiger partial charge in [0, 0.05) is 24.9 Å². The van der Waals surface area contributed by atoms with Crippen molar-refractivity contribution in [3.8, 4) is 0 Å². The fraction of sp³-hybridized carbons (Fsp3) is 0.333. The van der Waals surface area contributed by atoms with Crippen LogP contribution in [-0.4, -0.2) is 49.0 Å². The van der Waals surface area contributed by atoms with Crippen LogP contribution in [0.2, 0.25) is 0 Å². The van der Waals surface area contributed by atoms with E-state index < -0.39 is 17.6 Å². The average Bonchev–Trinajstić information content (AvgIpc) is 3.21. The van der Waals surface area contributed by atoms with Gasteiger partial charge in [0.15, 0.2) is 5.58 Å². The van der Waals surface area contributed by atoms with Gasteiger partial charge in [0.2, 0.25) is 5.91 Å². The van der Waals surface area contributed by atoms with Crippen molar-refractivity contribution in [1.29, 1.82) is 0 Å². The molecule has 1 aliphatic heterocycles. The normalized spacial score (nSPS) is 15.9. The highest BCUT2D eigenvalue weighted by atomic mass is 19.4. The summed E-state index contributed by atoms with van der Waals surface area (Å²) in [5.74, 6) is -0.401. The Labute approximate surface area is 189 Å². The maximum absolute atomic E-state index is 12.6. The van der Waals surface area contributed by atoms with Crippen LogP contribution in [0.5, 0.6) is 0 Å². The van der Waals surface area contributed by atoms with Gasteiger partial charge in [-0.15, -0.1) is 0 Å². The molecule has 6 nitrogen and oxygen atoms in total. The van der Waals surface area contributed by atoms with Crippen LogP contribution in [0, 0.1) is 0 Å². The van der Waals surface area contributed by atoms with E-state index in [0.29, 0.717) is 34.4 Å². The Hall–Kier alpha value is -3.33. The first-order valence-electron chi connectivity index (χ1n) is 10.7. The molecule has 1 fully saturated rings. The number of alkyl halides is 3. The van der Waals surface area contributed by atoms with Gasteiger partial charge >= 0.3 is 6.18 Å². The summed E-state index contributed by atoms with van der Waals surface area (Å²) in [5, 5.41) is 2.74. The molecule has 0 radical (unpaired) electrons. The third-order valence-electron chi connectivity index (χ3n) is 5.85. The van der Waals surface area contributed by atoms with E-state index >= 15 is 0 Å². The number of hydrogen-bond donors (Lipinski definition) is 1. The number of nitrogens with one attached hydrogen (secondary N) is 1. The van der Waals surface area contributed by atoms with Gasteiger partial charge in [-0.2, -0.15) is 18.2 Å². The lowest BCUT2D eigenvalue weighted by Crippen LogP contribution is -2.42. The maximum Gasteiger partial charge on any atom is 0.416 e. The molecule has 9 heteroatoms. The van der Waals surface area contributed by atoms with E-state index in [1.165, 1.54) is 24.3 Å². The van der Waals surface area contributed by atoms with Crippen molar-refractivity contribution >= 4 is 34.8 Å². The highest BCUT2D eigenvalue weighted by Crippen LogP contribution is 2.29. The number of fused-ring (bicyclic) bond motifs is 1. The van der Waals surface area contributed by atoms with E-state index in [4.69, 9.17) is 4.42 Å². The predicted molar refractivity (Wildman–Crippen MR) is 122 cm³/mol. The Morgan fingerprint density at radius 1 is 1.18 bits per heavy atom. The standard InChI is InChI=1S/C24H25F3N4O2/c1-30-13-11-19(12-14-30)31(2)23-29-20-15-18(8-9-21(20)33-23)28-22(32)10-5-16-3-6-17(7-4-16)24(25,26)27/h3-10,15,19H,11-14H2,1-2H3,(H,28,32)/b10-5+. The third-order valence-corrected chi connectivity index (χ3v) is 5.85. The molecule has 1 saturated heterocycles. The summed E-state index contributed by atoms with van der Waals surface area (Å²) in [6.45, 7) is 2.07. The van der Waals surface area contributed by atoms with Gasteiger partial charge < -0.3 is 19.5 Å². The van der Waals surface area contributed by atoms with Crippen molar-refractivity contribution in [2.45, 2.75) is 25.1 Å². The van der Waals surface area contributed by atoms with Gasteiger partial charge in [-0.25, -0.2) is 0 Å². The van der Waals surface area contributed by atoms with Crippen molar-refractivity contribution < 1.29 is 22.4 Å². The number of carbonyl (C=O) groups excluding carboxylic acids is 1. The summed E-state index contributed by atoms with van der Waals surface area (Å²) in [7, 11) is 4.10. The molecule has 0 spiro atoms. The van der Waals surface area contributed by atoms with Crippen LogP contribution >= 0.6 is 0 Å². The highest BCUT2D eigenvalue weighted by Gasteiger charge is 2.29. The van der Waals surface area contributed by atoms with Crippen LogP contribution in [0.4, 0.5) is 24.9 Å². The van der Waals surface area contributed by atoms with Gasteiger partial charge in [0.05, 0.1) is 5.56 Å². The summed E-state index contributed by atoms with van der Waals surface area (Å²) in [6.07, 6.45) is 0.422. The van der Waals surface area contributed by atoms with Crippen LogP contribution in [-0.2, 0) is 11.0 Å². The highest BCUT2D eigenvalue weighted by molar-refractivity contribution is 6.02. The fourth-order valence-electron chi connectivity index (χ4n) is 3.82. The zero-order chi connectivity index (χ0) is 23.6. The van der Waals surface area contributed by atoms with E-state index in [1.807, 2.05) is 7.05 Å². The molecule has 0 atom stereocenters. The van der Waals surface area contributed by atoms with Gasteiger partial charge in [0.25, 0.3) is 6.01 Å². The Morgan fingerprint density at radius 2 is 1.88 bits per heavy atom. The van der Waals surface area contributed by atoms with Crippen LogP contribution in [0.25, 0.3) is 17.2 Å². The predicted octanol–water partition coefficient (Wildman–Crippen LogP) is 5.03. The first-order valence-corrected chi connectivity index (χ1v) is 10.7. The number of benzene rings is 2. The quantitative estimate of drug-likeness (QED) is 0.544. The zero-order valence-corrected chi connectivity index (χ0v) is 18.4. The lowest BCUT2D eigenvalue weighted by atomic mass is 10.0. The van der Waals surface area contributed by atoms with Gasteiger partial charge in [0.1, 0.15) is 5.52 Å². The summed E-state index contributed by atoms with van der Waals surface area (Å²) < 4.78 is 43.8. The monoisotopic (exact) mass is 458 g/mol. The van der Waals surface area contributed by atoms with Gasteiger partial charge in [-0.1, -0.05) is 12.1 Å². The number of likely N-dealkylation sites (tertiary alicyclic amines) is 1. The van der Waals surface area contributed by atoms with E-state index in [-0.39, 0.29) is 0 Å².